The van der Waals surface area contributed by atoms with Gasteiger partial charge in [-0.15, -0.1) is 0 Å². The van der Waals surface area contributed by atoms with Crippen LogP contribution in [0.15, 0.2) is 0 Å². The van der Waals surface area contributed by atoms with Crippen molar-refractivity contribution in [3.63, 3.8) is 0 Å². The van der Waals surface area contributed by atoms with Gasteiger partial charge >= 0.3 is 0 Å². The van der Waals surface area contributed by atoms with Gasteiger partial charge in [0.05, 0.1) is 0 Å². The van der Waals surface area contributed by atoms with Crippen molar-refractivity contribution in [1.29, 1.82) is 0 Å². The molecule has 0 spiro atoms. The van der Waals surface area contributed by atoms with Crippen molar-refractivity contribution in [2.24, 2.45) is 81.8 Å². The van der Waals surface area contributed by atoms with Crippen molar-refractivity contribution < 1.29 is 0 Å². The van der Waals surface area contributed by atoms with Crippen molar-refractivity contribution in [2.75, 3.05) is 0 Å². The summed E-state index contributed by atoms with van der Waals surface area (Å²) in [5, 5.41) is 0. The van der Waals surface area contributed by atoms with Gasteiger partial charge < -0.3 is 0 Å². The molecule has 0 amide bonds. The zero-order chi connectivity index (χ0) is 40.1. The Morgan fingerprint density at radius 2 is 0.643 bits per heavy atom. The fourth-order valence-electron chi connectivity index (χ4n) is 16.0. The van der Waals surface area contributed by atoms with Crippen molar-refractivity contribution in [3.05, 3.63) is 0 Å². The molecule has 8 unspecified atom stereocenters. The lowest BCUT2D eigenvalue weighted by molar-refractivity contribution is -0.162. The summed E-state index contributed by atoms with van der Waals surface area (Å²) in [5.41, 5.74) is 0.916. The summed E-state index contributed by atoms with van der Waals surface area (Å²) in [5.74, 6) is 10.9. The van der Waals surface area contributed by atoms with Crippen molar-refractivity contribution in [1.82, 2.24) is 9.80 Å². The first kappa shape index (κ1) is 44.0. The van der Waals surface area contributed by atoms with Gasteiger partial charge in [0.15, 0.2) is 0 Å². The zero-order valence-corrected chi connectivity index (χ0v) is 39.8. The minimum absolute atomic E-state index is 0.458. The van der Waals surface area contributed by atoms with E-state index >= 15 is 0 Å². The summed E-state index contributed by atoms with van der Waals surface area (Å²) < 4.78 is 0. The maximum absolute atomic E-state index is 3.50. The first-order valence-electron chi connectivity index (χ1n) is 26.1. The van der Waals surface area contributed by atoms with E-state index in [4.69, 9.17) is 0 Å². The lowest BCUT2D eigenvalue weighted by Crippen LogP contribution is -2.69. The Balaban J connectivity index is 1.31. The summed E-state index contributed by atoms with van der Waals surface area (Å²) in [6.45, 7) is 30.8. The molecular formula is C54H98N2. The quantitative estimate of drug-likeness (QED) is 0.242. The number of rotatable bonds is 8. The summed E-state index contributed by atoms with van der Waals surface area (Å²) in [7, 11) is 0. The largest absolute Gasteiger partial charge is 0.294 e. The molecule has 0 heterocycles. The molecule has 7 saturated carbocycles. The predicted octanol–water partition coefficient (Wildman–Crippen LogP) is 15.1. The molecule has 0 N–H and O–H groups in total. The second-order valence-corrected chi connectivity index (χ2v) is 25.7. The molecular weight excluding hydrogens is 677 g/mol. The summed E-state index contributed by atoms with van der Waals surface area (Å²) in [6.07, 6.45) is 32.9. The Morgan fingerprint density at radius 3 is 0.911 bits per heavy atom. The third-order valence-electron chi connectivity index (χ3n) is 19.8. The van der Waals surface area contributed by atoms with E-state index in [1.807, 2.05) is 0 Å². The predicted molar refractivity (Wildman–Crippen MR) is 243 cm³/mol. The molecule has 0 aliphatic heterocycles. The van der Waals surface area contributed by atoms with E-state index in [0.29, 0.717) is 10.8 Å². The normalized spacial score (nSPS) is 44.6. The van der Waals surface area contributed by atoms with Gasteiger partial charge in [0.25, 0.3) is 0 Å². The van der Waals surface area contributed by atoms with E-state index in [9.17, 15) is 0 Å². The van der Waals surface area contributed by atoms with Crippen LogP contribution in [0.3, 0.4) is 0 Å². The number of nitrogens with zero attached hydrogens (tertiary/aromatic N) is 2. The van der Waals surface area contributed by atoms with Crippen LogP contribution in [-0.4, -0.2) is 46.1 Å². The highest BCUT2D eigenvalue weighted by molar-refractivity contribution is 5.12. The monoisotopic (exact) mass is 775 g/mol. The van der Waals surface area contributed by atoms with E-state index in [2.05, 4.69) is 92.9 Å². The van der Waals surface area contributed by atoms with Crippen molar-refractivity contribution >= 4 is 0 Å². The van der Waals surface area contributed by atoms with Gasteiger partial charge in [0, 0.05) is 36.3 Å². The summed E-state index contributed by atoms with van der Waals surface area (Å²) >= 11 is 0. The van der Waals surface area contributed by atoms with Gasteiger partial charge in [-0.2, -0.15) is 0 Å². The maximum Gasteiger partial charge on any atom is 0.0164 e. The fraction of sp³-hybridized carbons (Fsp3) is 1.00. The smallest absolute Gasteiger partial charge is 0.0164 e. The van der Waals surface area contributed by atoms with Gasteiger partial charge in [-0.1, -0.05) is 83.1 Å². The van der Waals surface area contributed by atoms with Crippen LogP contribution in [0.1, 0.15) is 224 Å². The van der Waals surface area contributed by atoms with Crippen LogP contribution in [0, 0.1) is 81.8 Å². The molecule has 0 aromatic carbocycles. The van der Waals surface area contributed by atoms with Crippen LogP contribution < -0.4 is 0 Å². The minimum atomic E-state index is 0.458. The van der Waals surface area contributed by atoms with Crippen LogP contribution in [0.5, 0.6) is 0 Å². The van der Waals surface area contributed by atoms with Gasteiger partial charge in [-0.3, -0.25) is 9.80 Å². The fourth-order valence-corrected chi connectivity index (χ4v) is 16.0. The molecule has 7 aliphatic rings. The summed E-state index contributed by atoms with van der Waals surface area (Å²) in [6, 6.07) is 5.04. The standard InChI is InChI=1S/C54H98N2/c1-35(2)39-17-31-47-49(33-39)51(55(43-23-13-37(5)14-24-43)45-27-19-41(20-28-45)53(7,8)9)48-32-18-40(36(3)4)34-50(48)52(47)56(44-25-15-38(6)16-26-44)46-29-21-42(22-30-46)54(10,11)12/h35-52H,13-34H2,1-12H3. The molecule has 0 aromatic heterocycles. The van der Waals surface area contributed by atoms with E-state index in [-0.39, 0.29) is 0 Å². The zero-order valence-electron chi connectivity index (χ0n) is 39.8. The molecule has 56 heavy (non-hydrogen) atoms. The Kier molecular flexibility index (Phi) is 14.2. The van der Waals surface area contributed by atoms with E-state index in [1.165, 1.54) is 128 Å². The summed E-state index contributed by atoms with van der Waals surface area (Å²) in [4.78, 5) is 6.99. The Morgan fingerprint density at radius 1 is 0.357 bits per heavy atom. The van der Waals surface area contributed by atoms with Gasteiger partial charge in [-0.05, 0) is 223 Å². The highest BCUT2D eigenvalue weighted by Crippen LogP contribution is 2.59. The topological polar surface area (TPSA) is 6.48 Å². The molecule has 0 radical (unpaired) electrons. The molecule has 324 valence electrons. The van der Waals surface area contributed by atoms with E-state index < -0.39 is 0 Å². The Labute approximate surface area is 351 Å². The molecule has 7 aliphatic carbocycles. The molecule has 7 rings (SSSR count). The van der Waals surface area contributed by atoms with Gasteiger partial charge in [-0.25, -0.2) is 0 Å². The molecule has 0 saturated heterocycles. The van der Waals surface area contributed by atoms with Gasteiger partial charge in [0.1, 0.15) is 0 Å². The Bertz CT molecular complexity index is 1100. The average Bonchev–Trinajstić information content (AvgIpc) is 3.16. The lowest BCUT2D eigenvalue weighted by atomic mass is 9.50. The first-order valence-corrected chi connectivity index (χ1v) is 26.1. The number of hydrogen-bond acceptors (Lipinski definition) is 2. The van der Waals surface area contributed by atoms with Crippen molar-refractivity contribution in [3.8, 4) is 0 Å². The Hall–Kier alpha value is -0.0800. The third-order valence-corrected chi connectivity index (χ3v) is 19.8. The van der Waals surface area contributed by atoms with Crippen LogP contribution in [0.2, 0.25) is 0 Å². The second-order valence-electron chi connectivity index (χ2n) is 25.7. The molecule has 0 aromatic rings. The van der Waals surface area contributed by atoms with Crippen LogP contribution in [-0.2, 0) is 0 Å². The lowest BCUT2D eigenvalue weighted by Gasteiger charge is -2.66. The van der Waals surface area contributed by atoms with E-state index in [1.54, 1.807) is 12.8 Å². The second kappa shape index (κ2) is 18.1. The number of hydrogen-bond donors (Lipinski definition) is 0. The third kappa shape index (κ3) is 9.52. The van der Waals surface area contributed by atoms with Gasteiger partial charge in [0.2, 0.25) is 0 Å². The highest BCUT2D eigenvalue weighted by atomic mass is 15.3. The minimum Gasteiger partial charge on any atom is -0.294 e. The van der Waals surface area contributed by atoms with Crippen LogP contribution >= 0.6 is 0 Å². The van der Waals surface area contributed by atoms with E-state index in [0.717, 1.165) is 107 Å². The molecule has 8 atom stereocenters. The molecule has 7 fully saturated rings. The van der Waals surface area contributed by atoms with Crippen molar-refractivity contribution in [2.45, 2.75) is 261 Å². The molecule has 2 heteroatoms. The highest BCUT2D eigenvalue weighted by Gasteiger charge is 2.59. The molecule has 2 nitrogen and oxygen atoms in total. The molecule has 0 bridgehead atoms. The maximum atomic E-state index is 3.50. The SMILES string of the molecule is CC1CCC(N(C2CCC(C(C)(C)C)CC2)C2C3CCC(C(C)C)CC3C(N(C3CCC(C)CC3)C3CCC(C(C)(C)C)CC3)C3CCC(C(C)C)CC32)CC1. The van der Waals surface area contributed by atoms with Crippen LogP contribution in [0.25, 0.3) is 0 Å². The first-order chi connectivity index (χ1) is 26.5. The number of fused-ring (bicyclic) bond motifs is 2. The average molecular weight is 775 g/mol. The van der Waals surface area contributed by atoms with Crippen LogP contribution in [0.4, 0.5) is 0 Å².